The summed E-state index contributed by atoms with van der Waals surface area (Å²) in [5, 5.41) is 2.75. The number of likely N-dealkylation sites (N-methyl/N-ethyl adjacent to an activating group) is 1. The number of hydrogen-bond acceptors (Lipinski definition) is 5. The maximum atomic E-state index is 5.64. The van der Waals surface area contributed by atoms with Gasteiger partial charge in [0.15, 0.2) is 5.13 Å². The lowest BCUT2D eigenvalue weighted by Gasteiger charge is -2.45. The van der Waals surface area contributed by atoms with Crippen LogP contribution in [0.3, 0.4) is 0 Å². The highest BCUT2D eigenvalue weighted by atomic mass is 32.1. The van der Waals surface area contributed by atoms with Crippen LogP contribution in [0.2, 0.25) is 0 Å². The lowest BCUT2D eigenvalue weighted by molar-refractivity contribution is 0.0406. The van der Waals surface area contributed by atoms with E-state index in [1.807, 2.05) is 0 Å². The van der Waals surface area contributed by atoms with Crippen molar-refractivity contribution in [2.24, 2.45) is 0 Å². The van der Waals surface area contributed by atoms with Crippen molar-refractivity contribution in [1.29, 1.82) is 0 Å². The smallest absolute Gasteiger partial charge is 0.180 e. The Hall–Kier alpha value is -0.650. The van der Waals surface area contributed by atoms with Crippen LogP contribution in [-0.2, 0) is 6.42 Å². The molecule has 1 aromatic heterocycles. The first-order valence-corrected chi connectivity index (χ1v) is 6.99. The minimum Gasteiger partial charge on any atom is -0.375 e. The van der Waals surface area contributed by atoms with Crippen molar-refractivity contribution < 1.29 is 0 Å². The monoisotopic (exact) mass is 254 g/mol. The molecule has 2 N–H and O–H groups in total. The van der Waals surface area contributed by atoms with Crippen LogP contribution in [0.25, 0.3) is 0 Å². The zero-order chi connectivity index (χ0) is 12.5. The molecule has 1 aromatic rings. The molecule has 4 nitrogen and oxygen atoms in total. The third kappa shape index (κ3) is 3.18. The van der Waals surface area contributed by atoms with Crippen molar-refractivity contribution in [2.75, 3.05) is 39.0 Å². The zero-order valence-corrected chi connectivity index (χ0v) is 11.8. The molecule has 0 bridgehead atoms. The molecule has 0 unspecified atom stereocenters. The van der Waals surface area contributed by atoms with E-state index in [0.29, 0.717) is 5.13 Å². The van der Waals surface area contributed by atoms with E-state index in [1.165, 1.54) is 11.3 Å². The first-order valence-electron chi connectivity index (χ1n) is 6.11. The van der Waals surface area contributed by atoms with Crippen molar-refractivity contribution >= 4 is 16.5 Å². The van der Waals surface area contributed by atoms with E-state index in [-0.39, 0.29) is 5.54 Å². The molecule has 96 valence electrons. The van der Waals surface area contributed by atoms with E-state index >= 15 is 0 Å². The summed E-state index contributed by atoms with van der Waals surface area (Å²) in [7, 11) is 2.21. The summed E-state index contributed by atoms with van der Waals surface area (Å²) in [6.07, 6.45) is 1.01. The summed E-state index contributed by atoms with van der Waals surface area (Å²) in [6, 6.07) is 0. The fourth-order valence-electron chi connectivity index (χ4n) is 2.24. The van der Waals surface area contributed by atoms with Gasteiger partial charge in [-0.05, 0) is 20.9 Å². The number of thiazole rings is 1. The Morgan fingerprint density at radius 1 is 1.47 bits per heavy atom. The molecule has 0 radical (unpaired) electrons. The number of aromatic nitrogens is 1. The van der Waals surface area contributed by atoms with Gasteiger partial charge >= 0.3 is 0 Å². The van der Waals surface area contributed by atoms with Crippen molar-refractivity contribution in [3.8, 4) is 0 Å². The van der Waals surface area contributed by atoms with Gasteiger partial charge in [0.2, 0.25) is 0 Å². The second-order valence-corrected chi connectivity index (χ2v) is 6.33. The maximum Gasteiger partial charge on any atom is 0.180 e. The largest absolute Gasteiger partial charge is 0.375 e. The average molecular weight is 254 g/mol. The van der Waals surface area contributed by atoms with Gasteiger partial charge in [0.25, 0.3) is 0 Å². The van der Waals surface area contributed by atoms with Gasteiger partial charge in [-0.1, -0.05) is 0 Å². The van der Waals surface area contributed by atoms with Crippen LogP contribution in [0.1, 0.15) is 19.5 Å². The number of rotatable bonds is 3. The maximum absolute atomic E-state index is 5.64. The predicted octanol–water partition coefficient (Wildman–Crippen LogP) is 1.29. The van der Waals surface area contributed by atoms with Gasteiger partial charge in [0, 0.05) is 43.5 Å². The molecule has 2 rings (SSSR count). The Morgan fingerprint density at radius 3 is 2.82 bits per heavy atom. The summed E-state index contributed by atoms with van der Waals surface area (Å²) < 4.78 is 0. The molecule has 1 aliphatic heterocycles. The first kappa shape index (κ1) is 12.8. The summed E-state index contributed by atoms with van der Waals surface area (Å²) in [6.45, 7) is 9.12. The van der Waals surface area contributed by atoms with E-state index in [1.54, 1.807) is 0 Å². The Bertz CT molecular complexity index is 374. The Morgan fingerprint density at radius 2 is 2.24 bits per heavy atom. The molecule has 0 amide bonds. The molecule has 0 aromatic carbocycles. The van der Waals surface area contributed by atoms with Crippen LogP contribution >= 0.6 is 11.3 Å². The molecule has 1 aliphatic rings. The van der Waals surface area contributed by atoms with Crippen LogP contribution in [0, 0.1) is 0 Å². The summed E-state index contributed by atoms with van der Waals surface area (Å²) in [5.41, 5.74) is 7.04. The molecule has 0 atom stereocenters. The number of nitrogens with two attached hydrogens (primary N) is 1. The zero-order valence-electron chi connectivity index (χ0n) is 10.9. The van der Waals surface area contributed by atoms with Gasteiger partial charge in [0.1, 0.15) is 0 Å². The average Bonchev–Trinajstić information content (AvgIpc) is 2.66. The predicted molar refractivity (Wildman–Crippen MR) is 73.4 cm³/mol. The highest BCUT2D eigenvalue weighted by molar-refractivity contribution is 7.13. The molecule has 17 heavy (non-hydrogen) atoms. The van der Waals surface area contributed by atoms with Crippen LogP contribution in [0.4, 0.5) is 5.13 Å². The third-order valence-corrected chi connectivity index (χ3v) is 4.37. The fourth-order valence-corrected chi connectivity index (χ4v) is 2.84. The Balaban J connectivity index is 1.84. The molecule has 1 fully saturated rings. The standard InChI is InChI=1S/C12H22N4S/c1-12(2)9-16(7-6-15(12)3)5-4-10-8-17-11(13)14-10/h8H,4-7,9H2,1-3H3,(H2,13,14). The molecule has 0 spiro atoms. The molecular weight excluding hydrogens is 232 g/mol. The molecule has 2 heterocycles. The van der Waals surface area contributed by atoms with Crippen LogP contribution in [0.5, 0.6) is 0 Å². The normalized spacial score (nSPS) is 21.8. The molecule has 1 saturated heterocycles. The van der Waals surface area contributed by atoms with Crippen LogP contribution in [-0.4, -0.2) is 53.5 Å². The van der Waals surface area contributed by atoms with Crippen molar-refractivity contribution in [1.82, 2.24) is 14.8 Å². The first-order chi connectivity index (χ1) is 7.97. The van der Waals surface area contributed by atoms with Gasteiger partial charge < -0.3 is 5.73 Å². The Kier molecular flexibility index (Phi) is 3.70. The SMILES string of the molecule is CN1CCN(CCc2csc(N)n2)CC1(C)C. The number of nitrogens with zero attached hydrogens (tertiary/aromatic N) is 3. The van der Waals surface area contributed by atoms with Crippen LogP contribution in [0.15, 0.2) is 5.38 Å². The molecule has 5 heteroatoms. The Labute approximate surface area is 107 Å². The summed E-state index contributed by atoms with van der Waals surface area (Å²) >= 11 is 1.53. The van der Waals surface area contributed by atoms with Gasteiger partial charge in [-0.3, -0.25) is 9.80 Å². The molecule has 0 aliphatic carbocycles. The second kappa shape index (κ2) is 4.92. The summed E-state index contributed by atoms with van der Waals surface area (Å²) in [5.74, 6) is 0. The van der Waals surface area contributed by atoms with E-state index in [0.717, 1.165) is 38.3 Å². The highest BCUT2D eigenvalue weighted by Crippen LogP contribution is 2.19. The molecular formula is C12H22N4S. The van der Waals surface area contributed by atoms with Crippen molar-refractivity contribution in [3.05, 3.63) is 11.1 Å². The molecule has 0 saturated carbocycles. The van der Waals surface area contributed by atoms with Gasteiger partial charge in [-0.15, -0.1) is 11.3 Å². The quantitative estimate of drug-likeness (QED) is 0.883. The van der Waals surface area contributed by atoms with E-state index in [2.05, 4.69) is 41.1 Å². The lowest BCUT2D eigenvalue weighted by atomic mass is 9.99. The number of piperazine rings is 1. The second-order valence-electron chi connectivity index (χ2n) is 5.44. The minimum absolute atomic E-state index is 0.277. The van der Waals surface area contributed by atoms with Gasteiger partial charge in [-0.25, -0.2) is 4.98 Å². The van der Waals surface area contributed by atoms with Gasteiger partial charge in [0.05, 0.1) is 5.69 Å². The highest BCUT2D eigenvalue weighted by Gasteiger charge is 2.30. The lowest BCUT2D eigenvalue weighted by Crippen LogP contribution is -2.57. The number of nitrogen functional groups attached to an aromatic ring is 1. The number of anilines is 1. The minimum atomic E-state index is 0.277. The van der Waals surface area contributed by atoms with E-state index < -0.39 is 0 Å². The van der Waals surface area contributed by atoms with E-state index in [4.69, 9.17) is 5.73 Å². The fraction of sp³-hybridized carbons (Fsp3) is 0.750. The van der Waals surface area contributed by atoms with Gasteiger partial charge in [-0.2, -0.15) is 0 Å². The van der Waals surface area contributed by atoms with Crippen LogP contribution < -0.4 is 5.73 Å². The van der Waals surface area contributed by atoms with Crippen molar-refractivity contribution in [2.45, 2.75) is 25.8 Å². The summed E-state index contributed by atoms with van der Waals surface area (Å²) in [4.78, 5) is 9.26. The number of hydrogen-bond donors (Lipinski definition) is 1. The third-order valence-electron chi connectivity index (χ3n) is 3.65. The van der Waals surface area contributed by atoms with Crippen molar-refractivity contribution in [3.63, 3.8) is 0 Å². The van der Waals surface area contributed by atoms with E-state index in [9.17, 15) is 0 Å². The topological polar surface area (TPSA) is 45.4 Å².